The SMILES string of the molecule is Cc1nn([C@@H]2CCS(=O)(=O)C2)c(C)c1CC(=O)Nc1ccc(-c2nc3ccccc3s2)cc1. The summed E-state index contributed by atoms with van der Waals surface area (Å²) in [4.78, 5) is 17.4. The number of hydrogen-bond acceptors (Lipinski definition) is 6. The topological polar surface area (TPSA) is 94.0 Å². The average molecular weight is 481 g/mol. The molecule has 0 unspecified atom stereocenters. The van der Waals surface area contributed by atoms with E-state index in [2.05, 4.69) is 21.5 Å². The molecule has 0 spiro atoms. The number of carbonyl (C=O) groups is 1. The third-order valence-electron chi connectivity index (χ3n) is 6.08. The molecule has 1 saturated heterocycles. The third-order valence-corrected chi connectivity index (χ3v) is 8.91. The molecule has 9 heteroatoms. The Morgan fingerprint density at radius 3 is 2.61 bits per heavy atom. The molecule has 0 aliphatic carbocycles. The van der Waals surface area contributed by atoms with Gasteiger partial charge in [0.1, 0.15) is 5.01 Å². The molecule has 170 valence electrons. The van der Waals surface area contributed by atoms with Crippen LogP contribution in [0.3, 0.4) is 0 Å². The van der Waals surface area contributed by atoms with Crippen LogP contribution in [0.2, 0.25) is 0 Å². The lowest BCUT2D eigenvalue weighted by Gasteiger charge is -2.11. The Balaban J connectivity index is 1.28. The van der Waals surface area contributed by atoms with Crippen molar-refractivity contribution in [2.75, 3.05) is 16.8 Å². The van der Waals surface area contributed by atoms with Crippen LogP contribution in [0.15, 0.2) is 48.5 Å². The summed E-state index contributed by atoms with van der Waals surface area (Å²) < 4.78 is 26.6. The maximum Gasteiger partial charge on any atom is 0.228 e. The van der Waals surface area contributed by atoms with Gasteiger partial charge in [-0.05, 0) is 56.7 Å². The number of aromatic nitrogens is 3. The maximum atomic E-state index is 12.7. The van der Waals surface area contributed by atoms with E-state index in [-0.39, 0.29) is 29.9 Å². The van der Waals surface area contributed by atoms with Gasteiger partial charge in [0.05, 0.1) is 39.9 Å². The summed E-state index contributed by atoms with van der Waals surface area (Å²) in [6, 6.07) is 15.6. The predicted molar refractivity (Wildman–Crippen MR) is 131 cm³/mol. The lowest BCUT2D eigenvalue weighted by atomic mass is 10.1. The van der Waals surface area contributed by atoms with Crippen LogP contribution in [0.1, 0.15) is 29.4 Å². The number of anilines is 1. The molecule has 4 aromatic rings. The van der Waals surface area contributed by atoms with Crippen LogP contribution < -0.4 is 5.32 Å². The van der Waals surface area contributed by atoms with E-state index in [9.17, 15) is 13.2 Å². The smallest absolute Gasteiger partial charge is 0.228 e. The average Bonchev–Trinajstić information content (AvgIpc) is 3.45. The fraction of sp³-hybridized carbons (Fsp3) is 0.292. The maximum absolute atomic E-state index is 12.7. The van der Waals surface area contributed by atoms with Gasteiger partial charge < -0.3 is 5.32 Å². The zero-order valence-electron chi connectivity index (χ0n) is 18.4. The molecule has 5 rings (SSSR count). The van der Waals surface area contributed by atoms with Gasteiger partial charge in [0.25, 0.3) is 0 Å². The first-order valence-electron chi connectivity index (χ1n) is 10.8. The van der Waals surface area contributed by atoms with Crippen LogP contribution in [0.4, 0.5) is 5.69 Å². The van der Waals surface area contributed by atoms with Crippen LogP contribution in [-0.2, 0) is 21.1 Å². The first-order valence-corrected chi connectivity index (χ1v) is 13.4. The summed E-state index contributed by atoms with van der Waals surface area (Å²) in [6.45, 7) is 3.77. The number of carbonyl (C=O) groups excluding carboxylic acids is 1. The Hall–Kier alpha value is -3.04. The number of fused-ring (bicyclic) bond motifs is 1. The number of nitrogens with zero attached hydrogens (tertiary/aromatic N) is 3. The summed E-state index contributed by atoms with van der Waals surface area (Å²) in [5, 5.41) is 8.45. The second-order valence-corrected chi connectivity index (χ2v) is 11.7. The third kappa shape index (κ3) is 4.43. The van der Waals surface area contributed by atoms with Crippen LogP contribution in [0.5, 0.6) is 0 Å². The van der Waals surface area contributed by atoms with Gasteiger partial charge >= 0.3 is 0 Å². The fourth-order valence-electron chi connectivity index (χ4n) is 4.33. The molecule has 7 nitrogen and oxygen atoms in total. The Morgan fingerprint density at radius 2 is 1.91 bits per heavy atom. The number of aryl methyl sites for hydroxylation is 1. The zero-order valence-corrected chi connectivity index (χ0v) is 20.0. The van der Waals surface area contributed by atoms with E-state index in [4.69, 9.17) is 0 Å². The molecule has 0 bridgehead atoms. The van der Waals surface area contributed by atoms with E-state index in [0.717, 1.165) is 43.4 Å². The minimum absolute atomic E-state index is 0.113. The minimum atomic E-state index is -3.00. The summed E-state index contributed by atoms with van der Waals surface area (Å²) >= 11 is 1.64. The normalized spacial score (nSPS) is 17.5. The molecule has 2 aromatic carbocycles. The van der Waals surface area contributed by atoms with Gasteiger partial charge in [-0.1, -0.05) is 12.1 Å². The summed E-state index contributed by atoms with van der Waals surface area (Å²) in [7, 11) is -3.00. The number of hydrogen-bond donors (Lipinski definition) is 1. The van der Waals surface area contributed by atoms with Gasteiger partial charge in [0, 0.05) is 22.5 Å². The molecule has 0 saturated carbocycles. The van der Waals surface area contributed by atoms with Gasteiger partial charge in [-0.25, -0.2) is 13.4 Å². The molecular formula is C24H24N4O3S2. The Kier molecular flexibility index (Phi) is 5.54. The van der Waals surface area contributed by atoms with Crippen molar-refractivity contribution < 1.29 is 13.2 Å². The van der Waals surface area contributed by atoms with Gasteiger partial charge in [0.2, 0.25) is 5.91 Å². The second kappa shape index (κ2) is 8.39. The number of para-hydroxylation sites is 1. The molecule has 2 aromatic heterocycles. The Bertz CT molecular complexity index is 1420. The molecule has 1 fully saturated rings. The lowest BCUT2D eigenvalue weighted by Crippen LogP contribution is -2.16. The zero-order chi connectivity index (χ0) is 23.2. The number of sulfone groups is 1. The van der Waals surface area contributed by atoms with E-state index < -0.39 is 9.84 Å². The van der Waals surface area contributed by atoms with Gasteiger partial charge in [0.15, 0.2) is 9.84 Å². The standard InChI is InChI=1S/C24H24N4O3S2/c1-15-20(16(2)28(27-15)19-11-12-33(30,31)14-19)13-23(29)25-18-9-7-17(8-10-18)24-26-21-5-3-4-6-22(21)32-24/h3-10,19H,11-14H2,1-2H3,(H,25,29)/t19-/m1/s1. The van der Waals surface area contributed by atoms with Crippen molar-refractivity contribution in [2.45, 2.75) is 32.7 Å². The van der Waals surface area contributed by atoms with Crippen LogP contribution in [-0.4, -0.2) is 40.6 Å². The van der Waals surface area contributed by atoms with Gasteiger partial charge in [-0.15, -0.1) is 11.3 Å². The quantitative estimate of drug-likeness (QED) is 0.459. The minimum Gasteiger partial charge on any atom is -0.326 e. The monoisotopic (exact) mass is 480 g/mol. The van der Waals surface area contributed by atoms with Crippen LogP contribution in [0, 0.1) is 13.8 Å². The van der Waals surface area contributed by atoms with Crippen molar-refractivity contribution in [3.63, 3.8) is 0 Å². The van der Waals surface area contributed by atoms with Crippen molar-refractivity contribution in [1.29, 1.82) is 0 Å². The molecule has 33 heavy (non-hydrogen) atoms. The molecule has 1 aliphatic rings. The van der Waals surface area contributed by atoms with Gasteiger partial charge in [-0.2, -0.15) is 5.10 Å². The second-order valence-electron chi connectivity index (χ2n) is 8.44. The molecule has 0 radical (unpaired) electrons. The highest BCUT2D eigenvalue weighted by Crippen LogP contribution is 2.31. The summed E-state index contributed by atoms with van der Waals surface area (Å²) in [5.74, 6) is 0.174. The van der Waals surface area contributed by atoms with E-state index in [0.29, 0.717) is 6.42 Å². The van der Waals surface area contributed by atoms with E-state index in [1.165, 1.54) is 0 Å². The highest BCUT2D eigenvalue weighted by molar-refractivity contribution is 7.91. The van der Waals surface area contributed by atoms with Crippen molar-refractivity contribution in [3.05, 3.63) is 65.5 Å². The van der Waals surface area contributed by atoms with Crippen molar-refractivity contribution in [3.8, 4) is 10.6 Å². The number of benzene rings is 2. The van der Waals surface area contributed by atoms with E-state index in [1.54, 1.807) is 16.0 Å². The molecule has 3 heterocycles. The highest BCUT2D eigenvalue weighted by atomic mass is 32.2. The number of rotatable bonds is 5. The van der Waals surface area contributed by atoms with Crippen molar-refractivity contribution in [1.82, 2.24) is 14.8 Å². The van der Waals surface area contributed by atoms with Gasteiger partial charge in [-0.3, -0.25) is 9.48 Å². The van der Waals surface area contributed by atoms with Crippen LogP contribution >= 0.6 is 11.3 Å². The first kappa shape index (κ1) is 21.8. The fourth-order valence-corrected chi connectivity index (χ4v) is 7.00. The number of thiazole rings is 1. The Morgan fingerprint density at radius 1 is 1.15 bits per heavy atom. The Labute approximate surface area is 196 Å². The summed E-state index contributed by atoms with van der Waals surface area (Å²) in [6.07, 6.45) is 0.758. The van der Waals surface area contributed by atoms with E-state index in [1.807, 2.05) is 56.3 Å². The molecular weight excluding hydrogens is 456 g/mol. The molecule has 1 amide bonds. The molecule has 1 N–H and O–H groups in total. The lowest BCUT2D eigenvalue weighted by molar-refractivity contribution is -0.115. The summed E-state index contributed by atoms with van der Waals surface area (Å²) in [5.41, 5.74) is 5.18. The largest absolute Gasteiger partial charge is 0.326 e. The first-order chi connectivity index (χ1) is 15.8. The van der Waals surface area contributed by atoms with Crippen molar-refractivity contribution >= 4 is 43.0 Å². The number of amides is 1. The molecule has 1 atom stereocenters. The van der Waals surface area contributed by atoms with Crippen LogP contribution in [0.25, 0.3) is 20.8 Å². The van der Waals surface area contributed by atoms with E-state index >= 15 is 0 Å². The molecule has 1 aliphatic heterocycles. The number of nitrogens with one attached hydrogen (secondary N) is 1. The highest BCUT2D eigenvalue weighted by Gasteiger charge is 2.31. The van der Waals surface area contributed by atoms with Crippen molar-refractivity contribution in [2.24, 2.45) is 0 Å². The predicted octanol–water partition coefficient (Wildman–Crippen LogP) is 4.32.